The number of carbonyl (C=O) groups is 4. The van der Waals surface area contributed by atoms with Crippen molar-refractivity contribution in [1.29, 1.82) is 0 Å². The topological polar surface area (TPSA) is 114 Å². The lowest BCUT2D eigenvalue weighted by Gasteiger charge is -2.09. The largest absolute Gasteiger partial charge is 0.456 e. The third-order valence-corrected chi connectivity index (χ3v) is 4.16. The second-order valence-corrected chi connectivity index (χ2v) is 6.98. The van der Waals surface area contributed by atoms with Gasteiger partial charge in [-0.2, -0.15) is 0 Å². The number of amides is 3. The molecule has 0 spiro atoms. The van der Waals surface area contributed by atoms with Crippen molar-refractivity contribution in [3.8, 4) is 0 Å². The Morgan fingerprint density at radius 1 is 0.833 bits per heavy atom. The lowest BCUT2D eigenvalue weighted by atomic mass is 10.2. The van der Waals surface area contributed by atoms with Crippen molar-refractivity contribution >= 4 is 64.0 Å². The normalized spacial score (nSPS) is 10.1. The van der Waals surface area contributed by atoms with Crippen LogP contribution in [0.1, 0.15) is 19.8 Å². The number of anilines is 3. The Balaban J connectivity index is 1.70. The Morgan fingerprint density at radius 2 is 1.47 bits per heavy atom. The molecule has 0 fully saturated rings. The van der Waals surface area contributed by atoms with E-state index >= 15 is 0 Å². The minimum Gasteiger partial charge on any atom is -0.456 e. The van der Waals surface area contributed by atoms with Crippen LogP contribution in [0.3, 0.4) is 0 Å². The zero-order valence-corrected chi connectivity index (χ0v) is 17.5. The number of hydrogen-bond acceptors (Lipinski definition) is 5. The summed E-state index contributed by atoms with van der Waals surface area (Å²) in [6, 6.07) is 11.1. The second-order valence-electron chi connectivity index (χ2n) is 6.14. The highest BCUT2D eigenvalue weighted by atomic mass is 35.5. The molecule has 0 bridgehead atoms. The van der Waals surface area contributed by atoms with E-state index in [1.165, 1.54) is 19.1 Å². The third-order valence-electron chi connectivity index (χ3n) is 3.61. The van der Waals surface area contributed by atoms with E-state index in [0.717, 1.165) is 0 Å². The van der Waals surface area contributed by atoms with Gasteiger partial charge in [0.15, 0.2) is 6.61 Å². The van der Waals surface area contributed by atoms with Crippen LogP contribution in [0.5, 0.6) is 0 Å². The number of halogens is 2. The third kappa shape index (κ3) is 8.10. The molecule has 0 radical (unpaired) electrons. The average molecular weight is 452 g/mol. The number of esters is 1. The predicted molar refractivity (Wildman–Crippen MR) is 115 cm³/mol. The predicted octanol–water partition coefficient (Wildman–Crippen LogP) is 3.85. The van der Waals surface area contributed by atoms with E-state index in [2.05, 4.69) is 16.0 Å². The van der Waals surface area contributed by atoms with Gasteiger partial charge >= 0.3 is 5.97 Å². The maximum absolute atomic E-state index is 11.9. The summed E-state index contributed by atoms with van der Waals surface area (Å²) in [5.41, 5.74) is 1.45. The van der Waals surface area contributed by atoms with E-state index < -0.39 is 24.4 Å². The molecule has 2 aromatic carbocycles. The van der Waals surface area contributed by atoms with Gasteiger partial charge in [-0.05, 0) is 42.5 Å². The van der Waals surface area contributed by atoms with E-state index in [1.54, 1.807) is 30.3 Å². The monoisotopic (exact) mass is 451 g/mol. The molecular weight excluding hydrogens is 433 g/mol. The lowest BCUT2D eigenvalue weighted by Crippen LogP contribution is -2.22. The van der Waals surface area contributed by atoms with E-state index in [4.69, 9.17) is 27.9 Å². The molecule has 0 aliphatic heterocycles. The van der Waals surface area contributed by atoms with Crippen LogP contribution >= 0.6 is 23.2 Å². The first-order valence-electron chi connectivity index (χ1n) is 8.81. The van der Waals surface area contributed by atoms with Crippen molar-refractivity contribution < 1.29 is 23.9 Å². The van der Waals surface area contributed by atoms with Crippen molar-refractivity contribution in [3.63, 3.8) is 0 Å². The highest BCUT2D eigenvalue weighted by molar-refractivity contribution is 6.36. The van der Waals surface area contributed by atoms with Crippen LogP contribution in [0, 0.1) is 0 Å². The van der Waals surface area contributed by atoms with E-state index in [1.807, 2.05) is 0 Å². The zero-order valence-electron chi connectivity index (χ0n) is 16.0. The molecule has 2 aromatic rings. The fourth-order valence-corrected chi connectivity index (χ4v) is 2.73. The summed E-state index contributed by atoms with van der Waals surface area (Å²) in [6.07, 6.45) is -0.304. The molecule has 10 heteroatoms. The quantitative estimate of drug-likeness (QED) is 0.527. The number of hydrogen-bond donors (Lipinski definition) is 3. The molecule has 158 valence electrons. The van der Waals surface area contributed by atoms with Crippen molar-refractivity contribution in [3.05, 3.63) is 52.5 Å². The van der Waals surface area contributed by atoms with Crippen LogP contribution in [0.4, 0.5) is 17.1 Å². The highest BCUT2D eigenvalue weighted by Gasteiger charge is 2.12. The lowest BCUT2D eigenvalue weighted by molar-refractivity contribution is -0.147. The molecule has 3 amide bonds. The Labute approximate surface area is 182 Å². The van der Waals surface area contributed by atoms with Crippen molar-refractivity contribution in [2.75, 3.05) is 22.6 Å². The molecule has 0 atom stereocenters. The molecule has 0 saturated carbocycles. The standard InChI is InChI=1S/C20H19Cl2N3O5/c1-12(26)23-14-3-5-15(6-4-14)24-18(27)8-9-20(29)30-11-19(28)25-17-7-2-13(21)10-16(17)22/h2-7,10H,8-9,11H2,1H3,(H,23,26)(H,24,27)(H,25,28). The molecule has 0 heterocycles. The van der Waals surface area contributed by atoms with Crippen LogP contribution < -0.4 is 16.0 Å². The summed E-state index contributed by atoms with van der Waals surface area (Å²) in [4.78, 5) is 46.5. The summed E-state index contributed by atoms with van der Waals surface area (Å²) in [7, 11) is 0. The molecule has 2 rings (SSSR count). The van der Waals surface area contributed by atoms with Gasteiger partial charge in [0.2, 0.25) is 11.8 Å². The van der Waals surface area contributed by atoms with Gasteiger partial charge in [-0.1, -0.05) is 23.2 Å². The number of benzene rings is 2. The first kappa shape index (κ1) is 23.2. The Bertz CT molecular complexity index is 948. The molecule has 3 N–H and O–H groups in total. The molecule has 0 aliphatic carbocycles. The van der Waals surface area contributed by atoms with Crippen LogP contribution in [0.25, 0.3) is 0 Å². The maximum Gasteiger partial charge on any atom is 0.306 e. The minimum absolute atomic E-state index is 0.114. The number of ether oxygens (including phenoxy) is 1. The van der Waals surface area contributed by atoms with E-state index in [9.17, 15) is 19.2 Å². The number of nitrogens with one attached hydrogen (secondary N) is 3. The SMILES string of the molecule is CC(=O)Nc1ccc(NC(=O)CCC(=O)OCC(=O)Nc2ccc(Cl)cc2Cl)cc1. The summed E-state index contributed by atoms with van der Waals surface area (Å²) in [6.45, 7) is 0.884. The van der Waals surface area contributed by atoms with Crippen molar-refractivity contribution in [2.24, 2.45) is 0 Å². The molecule has 30 heavy (non-hydrogen) atoms. The molecule has 0 saturated heterocycles. The first-order chi connectivity index (χ1) is 14.2. The fourth-order valence-electron chi connectivity index (χ4n) is 2.27. The molecule has 0 aliphatic rings. The van der Waals surface area contributed by atoms with Gasteiger partial charge < -0.3 is 20.7 Å². The van der Waals surface area contributed by atoms with E-state index in [0.29, 0.717) is 22.1 Å². The fraction of sp³-hybridized carbons (Fsp3) is 0.200. The van der Waals surface area contributed by atoms with Crippen molar-refractivity contribution in [2.45, 2.75) is 19.8 Å². The Kier molecular flexibility index (Phi) is 8.64. The van der Waals surface area contributed by atoms with Gasteiger partial charge in [0.25, 0.3) is 5.91 Å². The summed E-state index contributed by atoms with van der Waals surface area (Å²) < 4.78 is 4.85. The molecule has 8 nitrogen and oxygen atoms in total. The van der Waals surface area contributed by atoms with Crippen LogP contribution in [-0.4, -0.2) is 30.3 Å². The summed E-state index contributed by atoms with van der Waals surface area (Å²) >= 11 is 11.7. The van der Waals surface area contributed by atoms with Crippen LogP contribution in [0.15, 0.2) is 42.5 Å². The number of carbonyl (C=O) groups excluding carboxylic acids is 4. The summed E-state index contributed by atoms with van der Waals surface area (Å²) in [5.74, 6) is -1.85. The maximum atomic E-state index is 11.9. The van der Waals surface area contributed by atoms with Gasteiger partial charge in [0.05, 0.1) is 17.1 Å². The first-order valence-corrected chi connectivity index (χ1v) is 9.56. The Morgan fingerprint density at radius 3 is 2.07 bits per heavy atom. The molecule has 0 unspecified atom stereocenters. The number of rotatable bonds is 8. The van der Waals surface area contributed by atoms with Gasteiger partial charge in [-0.15, -0.1) is 0 Å². The Hall–Kier alpha value is -3.10. The van der Waals surface area contributed by atoms with Gasteiger partial charge in [0, 0.05) is 29.7 Å². The molecule has 0 aromatic heterocycles. The zero-order chi connectivity index (χ0) is 22.1. The smallest absolute Gasteiger partial charge is 0.306 e. The molecular formula is C20H19Cl2N3O5. The summed E-state index contributed by atoms with van der Waals surface area (Å²) in [5, 5.41) is 8.40. The van der Waals surface area contributed by atoms with Crippen LogP contribution in [0.2, 0.25) is 10.0 Å². The minimum atomic E-state index is -0.691. The van der Waals surface area contributed by atoms with E-state index in [-0.39, 0.29) is 23.8 Å². The van der Waals surface area contributed by atoms with Gasteiger partial charge in [-0.3, -0.25) is 19.2 Å². The van der Waals surface area contributed by atoms with Crippen molar-refractivity contribution in [1.82, 2.24) is 0 Å². The van der Waals surface area contributed by atoms with Crippen LogP contribution in [-0.2, 0) is 23.9 Å². The van der Waals surface area contributed by atoms with Gasteiger partial charge in [-0.25, -0.2) is 0 Å². The van der Waals surface area contributed by atoms with Gasteiger partial charge in [0.1, 0.15) is 0 Å². The average Bonchev–Trinajstić information content (AvgIpc) is 2.68. The highest BCUT2D eigenvalue weighted by Crippen LogP contribution is 2.25. The second kappa shape index (κ2) is 11.2.